The molecular weight excluding hydrogens is 1120 g/mol. The predicted molar refractivity (Wildman–Crippen MR) is 293 cm³/mol. The van der Waals surface area contributed by atoms with Gasteiger partial charge in [0.25, 0.3) is 35.3 Å². The summed E-state index contributed by atoms with van der Waals surface area (Å²) >= 11 is 0. The number of methoxy groups -OCH3 is 2. The van der Waals surface area contributed by atoms with E-state index in [9.17, 15) is 30.7 Å². The summed E-state index contributed by atoms with van der Waals surface area (Å²) in [6, 6.07) is 32.2. The van der Waals surface area contributed by atoms with Gasteiger partial charge in [0, 0.05) is 37.2 Å². The van der Waals surface area contributed by atoms with Crippen molar-refractivity contribution in [2.45, 2.75) is 81.8 Å². The van der Waals surface area contributed by atoms with Gasteiger partial charge in [-0.25, -0.2) is 34.3 Å². The van der Waals surface area contributed by atoms with Crippen molar-refractivity contribution in [1.29, 1.82) is 0 Å². The number of nitrogens with one attached hydrogen (secondary N) is 3. The van der Waals surface area contributed by atoms with Crippen LogP contribution in [-0.2, 0) is 12.0 Å². The van der Waals surface area contributed by atoms with Crippen LogP contribution >= 0.6 is 0 Å². The van der Waals surface area contributed by atoms with Crippen LogP contribution in [0.1, 0.15) is 110 Å². The molecule has 438 valence electrons. The molecule has 0 radical (unpaired) electrons. The van der Waals surface area contributed by atoms with Crippen molar-refractivity contribution in [3.05, 3.63) is 186 Å². The third-order valence-corrected chi connectivity index (χ3v) is 13.8. The number of benzene rings is 4. The maximum Gasteiger partial charge on any atom is 0.314 e. The van der Waals surface area contributed by atoms with E-state index in [0.29, 0.717) is 52.0 Å². The van der Waals surface area contributed by atoms with Crippen LogP contribution in [0.2, 0.25) is 0 Å². The zero-order valence-electron chi connectivity index (χ0n) is 45.2. The smallest absolute Gasteiger partial charge is 0.314 e. The van der Waals surface area contributed by atoms with Crippen LogP contribution in [0.3, 0.4) is 0 Å². The van der Waals surface area contributed by atoms with Crippen molar-refractivity contribution in [3.63, 3.8) is 0 Å². The molecule has 0 saturated heterocycles. The molecule has 0 amide bonds. The summed E-state index contributed by atoms with van der Waals surface area (Å²) in [5.74, 6) is 0.268. The lowest BCUT2D eigenvalue weighted by Gasteiger charge is -2.25. The molecule has 2 aliphatic rings. The van der Waals surface area contributed by atoms with Crippen molar-refractivity contribution < 1.29 is 53.5 Å². The number of hydrogen-bond donors (Lipinski definition) is 3. The van der Waals surface area contributed by atoms with Crippen LogP contribution in [-0.4, -0.2) is 74.7 Å². The van der Waals surface area contributed by atoms with Crippen LogP contribution in [0.5, 0.6) is 11.5 Å². The van der Waals surface area contributed by atoms with Crippen molar-refractivity contribution in [2.24, 2.45) is 5.92 Å². The molecule has 4 aromatic carbocycles. The number of ether oxygens (including phenoxy) is 2. The topological polar surface area (TPSA) is 249 Å². The first-order chi connectivity index (χ1) is 41.3. The quantitative estimate of drug-likeness (QED) is 0.0600. The Morgan fingerprint density at radius 2 is 0.976 bits per heavy atom. The average molecular weight is 1170 g/mol. The summed E-state index contributed by atoms with van der Waals surface area (Å²) in [4.78, 5) is 25.5. The molecule has 0 spiro atoms. The Hall–Kier alpha value is -9.95. The van der Waals surface area contributed by atoms with Gasteiger partial charge in [0.2, 0.25) is 17.8 Å². The predicted octanol–water partition coefficient (Wildman–Crippen LogP) is 13.4. The molecule has 3 N–H and O–H groups in total. The largest absolute Gasteiger partial charge is 0.493 e. The third-order valence-electron chi connectivity index (χ3n) is 13.8. The summed E-state index contributed by atoms with van der Waals surface area (Å²) in [7, 11) is 3.18. The first-order valence-electron chi connectivity index (χ1n) is 26.5. The number of halogens is 7. The first-order valence-corrected chi connectivity index (χ1v) is 26.5. The zero-order valence-corrected chi connectivity index (χ0v) is 45.2. The van der Waals surface area contributed by atoms with E-state index in [1.54, 1.807) is 26.4 Å². The van der Waals surface area contributed by atoms with Crippen LogP contribution in [0.15, 0.2) is 154 Å². The number of rotatable bonds is 20. The summed E-state index contributed by atoms with van der Waals surface area (Å²) in [5, 5.41) is 30.7. The minimum Gasteiger partial charge on any atom is -0.493 e. The summed E-state index contributed by atoms with van der Waals surface area (Å²) in [6.45, 7) is 0. The summed E-state index contributed by atoms with van der Waals surface area (Å²) in [5.41, 5.74) is 5.09. The zero-order chi connectivity index (χ0) is 59.3. The van der Waals surface area contributed by atoms with Gasteiger partial charge in [0.15, 0.2) is 11.5 Å². The summed E-state index contributed by atoms with van der Waals surface area (Å²) in [6.07, 6.45) is 7.27. The first kappa shape index (κ1) is 58.3. The normalized spacial score (nSPS) is 14.2. The van der Waals surface area contributed by atoms with Gasteiger partial charge in [-0.05, 0) is 84.5 Å². The van der Waals surface area contributed by atoms with E-state index in [2.05, 4.69) is 88.6 Å². The van der Waals surface area contributed by atoms with Crippen LogP contribution in [0.25, 0.3) is 34.4 Å². The molecule has 10 aromatic rings. The minimum atomic E-state index is -2.83. The molecule has 0 bridgehead atoms. The molecule has 12 rings (SSSR count). The van der Waals surface area contributed by atoms with E-state index >= 15 is 0 Å². The Balaban J connectivity index is 0.000000142. The van der Waals surface area contributed by atoms with Crippen molar-refractivity contribution in [3.8, 4) is 45.9 Å². The van der Waals surface area contributed by atoms with E-state index in [1.165, 1.54) is 54.9 Å². The van der Waals surface area contributed by atoms with Gasteiger partial charge in [-0.2, -0.15) is 26.3 Å². The van der Waals surface area contributed by atoms with Gasteiger partial charge in [-0.3, -0.25) is 0 Å². The average Bonchev–Trinajstić information content (AvgIpc) is 3.26. The second-order valence-electron chi connectivity index (χ2n) is 19.4. The molecule has 2 unspecified atom stereocenters. The fraction of sp³-hybridized carbons (Fsp3) is 0.276. The number of nitrogens with zero attached hydrogens (tertiary/aromatic N) is 12. The minimum absolute atomic E-state index is 0.0391. The second kappa shape index (κ2) is 27.0. The molecule has 2 saturated carbocycles. The molecule has 0 aliphatic heterocycles. The molecule has 27 heteroatoms. The standard InChI is InChI=1S/C21H17F2N5O.C19H18F3N5O.C18H17F2N5O3/c22-18(23)20-28-27-19(29-20)16-12-24-21(25-13-16)26-17(15-9-5-2-6-10-15)11-14-7-3-1-4-8-14;20-14-7-5-12(6-8-14)15(11-3-1-2-4-11)25-19-23-9-13(10-24-19)17-26-27-18(28-17)16(21)22;1-26-12-4-3-11(7-13(12)27-2)18(5-6-18)23-17-21-8-10(9-22-17)15-24-25-16(28-15)14(19)20/h1-10,12-13,17-18H,11H2,(H,24,25,26);5-11,15-16H,1-4H2,(H,23,24,25);3-4,7-9,14H,5-6H2,1-2H3,(H,21,22,23). The molecule has 2 fully saturated rings. The monoisotopic (exact) mass is 1170 g/mol. The Morgan fingerprint density at radius 3 is 1.42 bits per heavy atom. The van der Waals surface area contributed by atoms with Gasteiger partial charge in [0.1, 0.15) is 5.82 Å². The van der Waals surface area contributed by atoms with Crippen molar-refractivity contribution in [2.75, 3.05) is 30.2 Å². The Kier molecular flexibility index (Phi) is 18.5. The van der Waals surface area contributed by atoms with Crippen LogP contribution < -0.4 is 25.4 Å². The molecule has 6 aromatic heterocycles. The van der Waals surface area contributed by atoms with E-state index in [4.69, 9.17) is 22.7 Å². The molecule has 6 heterocycles. The third kappa shape index (κ3) is 14.8. The Labute approximate surface area is 480 Å². The fourth-order valence-electron chi connectivity index (χ4n) is 9.32. The number of anilines is 3. The lowest BCUT2D eigenvalue weighted by atomic mass is 9.91. The SMILES string of the molecule is COc1ccc(C2(Nc3ncc(-c4nnc(C(F)F)o4)cn3)CC2)cc1OC.FC(F)c1nnc(-c2cnc(NC(Cc3ccccc3)c3ccccc3)nc2)o1.Fc1ccc(C(Nc2ncc(-c3nnc(C(F)F)o3)cn2)C2CCCC2)cc1. The van der Waals surface area contributed by atoms with E-state index in [0.717, 1.165) is 61.6 Å². The number of hydrogen-bond acceptors (Lipinski definition) is 20. The van der Waals surface area contributed by atoms with Gasteiger partial charge in [0.05, 0.1) is 48.5 Å². The summed E-state index contributed by atoms with van der Waals surface area (Å²) < 4.78 is 114. The highest BCUT2D eigenvalue weighted by Crippen LogP contribution is 2.49. The molecule has 20 nitrogen and oxygen atoms in total. The number of aromatic nitrogens is 12. The maximum absolute atomic E-state index is 13.3. The molecule has 2 aliphatic carbocycles. The highest BCUT2D eigenvalue weighted by atomic mass is 19.3. The second-order valence-corrected chi connectivity index (χ2v) is 19.4. The van der Waals surface area contributed by atoms with Gasteiger partial charge in [-0.1, -0.05) is 91.7 Å². The van der Waals surface area contributed by atoms with E-state index < -0.39 is 36.9 Å². The fourth-order valence-corrected chi connectivity index (χ4v) is 9.32. The van der Waals surface area contributed by atoms with Crippen LogP contribution in [0, 0.1) is 11.7 Å². The molecule has 85 heavy (non-hydrogen) atoms. The highest BCUT2D eigenvalue weighted by Gasteiger charge is 2.45. The van der Waals surface area contributed by atoms with E-state index in [-0.39, 0.29) is 41.1 Å². The van der Waals surface area contributed by atoms with Crippen molar-refractivity contribution >= 4 is 17.8 Å². The molecular formula is C58H52F7N15O5. The lowest BCUT2D eigenvalue weighted by Crippen LogP contribution is -2.20. The highest BCUT2D eigenvalue weighted by molar-refractivity contribution is 5.54. The lowest BCUT2D eigenvalue weighted by molar-refractivity contribution is 0.115. The maximum atomic E-state index is 13.3. The van der Waals surface area contributed by atoms with Crippen molar-refractivity contribution in [1.82, 2.24) is 60.5 Å². The molecule has 2 atom stereocenters. The van der Waals surface area contributed by atoms with Gasteiger partial charge < -0.3 is 38.7 Å². The number of alkyl halides is 6. The van der Waals surface area contributed by atoms with Gasteiger partial charge >= 0.3 is 19.3 Å². The van der Waals surface area contributed by atoms with E-state index in [1.807, 2.05) is 66.7 Å². The van der Waals surface area contributed by atoms with Gasteiger partial charge in [-0.15, -0.1) is 30.6 Å². The van der Waals surface area contributed by atoms with Crippen LogP contribution in [0.4, 0.5) is 48.6 Å². The Bertz CT molecular complexity index is 3690. The Morgan fingerprint density at radius 1 is 0.518 bits per heavy atom.